The van der Waals surface area contributed by atoms with Gasteiger partial charge in [0.2, 0.25) is 23.0 Å². The van der Waals surface area contributed by atoms with Crippen LogP contribution in [0.5, 0.6) is 17.2 Å². The summed E-state index contributed by atoms with van der Waals surface area (Å²) >= 11 is 0. The third-order valence-corrected chi connectivity index (χ3v) is 12.5. The summed E-state index contributed by atoms with van der Waals surface area (Å²) < 4.78 is 47.1. The van der Waals surface area contributed by atoms with Gasteiger partial charge in [0.15, 0.2) is 11.5 Å². The number of nitrogens with one attached hydrogen (secondary N) is 2. The highest BCUT2D eigenvalue weighted by atomic mass is 32.2. The van der Waals surface area contributed by atoms with Crippen LogP contribution in [0.2, 0.25) is 0 Å². The monoisotopic (exact) mass is 727 g/mol. The summed E-state index contributed by atoms with van der Waals surface area (Å²) in [6.45, 7) is 7.44. The maximum atomic E-state index is 14.1. The molecule has 280 valence electrons. The second-order valence-electron chi connectivity index (χ2n) is 13.6. The molecule has 0 aromatic heterocycles. The Morgan fingerprint density at radius 3 is 2.14 bits per heavy atom. The van der Waals surface area contributed by atoms with Crippen molar-refractivity contribution < 1.29 is 32.2 Å². The molecule has 14 heteroatoms. The zero-order valence-electron chi connectivity index (χ0n) is 30.7. The lowest BCUT2D eigenvalue weighted by Gasteiger charge is -2.38. The van der Waals surface area contributed by atoms with E-state index in [9.17, 15) is 22.8 Å². The number of anilines is 1. The van der Waals surface area contributed by atoms with E-state index in [2.05, 4.69) is 10.6 Å². The van der Waals surface area contributed by atoms with Gasteiger partial charge in [-0.1, -0.05) is 39.2 Å². The third kappa shape index (κ3) is 8.12. The van der Waals surface area contributed by atoms with Gasteiger partial charge in [0, 0.05) is 51.8 Å². The highest BCUT2D eigenvalue weighted by Crippen LogP contribution is 2.50. The number of benzene rings is 1. The van der Waals surface area contributed by atoms with E-state index < -0.39 is 22.3 Å². The Bertz CT molecular complexity index is 1750. The maximum Gasteiger partial charge on any atom is 0.282 e. The quantitative estimate of drug-likeness (QED) is 0.351. The van der Waals surface area contributed by atoms with Gasteiger partial charge in [0.05, 0.1) is 33.1 Å². The molecule has 51 heavy (non-hydrogen) atoms. The summed E-state index contributed by atoms with van der Waals surface area (Å²) in [6.07, 6.45) is 5.56. The van der Waals surface area contributed by atoms with E-state index in [1.54, 1.807) is 29.5 Å². The number of hydrogen-bond donors (Lipinski definition) is 2. The van der Waals surface area contributed by atoms with Crippen LogP contribution in [0.3, 0.4) is 0 Å². The van der Waals surface area contributed by atoms with E-state index >= 15 is 0 Å². The molecule has 2 aromatic carbocycles. The van der Waals surface area contributed by atoms with Crippen LogP contribution in [-0.2, 0) is 26.2 Å². The third-order valence-electron chi connectivity index (χ3n) is 10.5. The fraction of sp³-hybridized carbons (Fsp3) is 0.595. The van der Waals surface area contributed by atoms with Crippen molar-refractivity contribution in [2.45, 2.75) is 77.8 Å². The van der Waals surface area contributed by atoms with E-state index in [4.69, 9.17) is 14.2 Å². The number of aryl methyl sites for hydroxylation is 1. The Hall–Kier alpha value is -3.88. The van der Waals surface area contributed by atoms with Gasteiger partial charge in [-0.3, -0.25) is 14.4 Å². The van der Waals surface area contributed by atoms with Crippen molar-refractivity contribution in [3.63, 3.8) is 0 Å². The van der Waals surface area contributed by atoms with Gasteiger partial charge in [-0.25, -0.2) is 0 Å². The van der Waals surface area contributed by atoms with Crippen molar-refractivity contribution >= 4 is 27.7 Å². The maximum absolute atomic E-state index is 14.1. The van der Waals surface area contributed by atoms with E-state index in [-0.39, 0.29) is 55.0 Å². The molecule has 3 aliphatic rings. The first-order valence-corrected chi connectivity index (χ1v) is 19.4. The number of piperazine rings is 1. The van der Waals surface area contributed by atoms with Gasteiger partial charge in [-0.2, -0.15) is 17.0 Å². The molecule has 0 saturated carbocycles. The minimum atomic E-state index is -3.60. The first-order chi connectivity index (χ1) is 24.4. The topological polar surface area (TPSA) is 147 Å². The van der Waals surface area contributed by atoms with Crippen LogP contribution in [0.4, 0.5) is 5.69 Å². The van der Waals surface area contributed by atoms with Crippen LogP contribution in [-0.4, -0.2) is 100 Å². The van der Waals surface area contributed by atoms with E-state index in [0.717, 1.165) is 36.8 Å². The molecule has 2 amide bonds. The fourth-order valence-corrected chi connectivity index (χ4v) is 9.12. The van der Waals surface area contributed by atoms with Crippen molar-refractivity contribution in [2.75, 3.05) is 65.9 Å². The number of amides is 2. The molecule has 0 radical (unpaired) electrons. The zero-order chi connectivity index (χ0) is 36.9. The first-order valence-electron chi connectivity index (χ1n) is 18.0. The lowest BCUT2D eigenvalue weighted by molar-refractivity contribution is -0.134. The Balaban J connectivity index is 1.47. The molecular weight excluding hydrogens is 675 g/mol. The zero-order valence-corrected chi connectivity index (χ0v) is 31.6. The highest BCUT2D eigenvalue weighted by molar-refractivity contribution is 7.86. The minimum absolute atomic E-state index is 0.135. The summed E-state index contributed by atoms with van der Waals surface area (Å²) in [7, 11) is 1.05. The number of carbonyl (C=O) groups is 2. The average Bonchev–Trinajstić information content (AvgIpc) is 3.56. The van der Waals surface area contributed by atoms with Gasteiger partial charge in [0.1, 0.15) is 6.04 Å². The molecule has 3 atom stereocenters. The minimum Gasteiger partial charge on any atom is -0.493 e. The fourth-order valence-electron chi connectivity index (χ4n) is 7.45. The second-order valence-corrected chi connectivity index (χ2v) is 15.6. The Labute approximate surface area is 301 Å². The number of ether oxygens (including phenoxy) is 3. The predicted molar refractivity (Wildman–Crippen MR) is 197 cm³/mol. The summed E-state index contributed by atoms with van der Waals surface area (Å²) in [5.41, 5.74) is 2.88. The summed E-state index contributed by atoms with van der Waals surface area (Å²) in [4.78, 5) is 42.3. The Morgan fingerprint density at radius 1 is 0.902 bits per heavy atom. The van der Waals surface area contributed by atoms with E-state index in [1.165, 1.54) is 24.4 Å². The summed E-state index contributed by atoms with van der Waals surface area (Å²) in [5, 5.41) is 6.32. The lowest BCUT2D eigenvalue weighted by Crippen LogP contribution is -2.57. The van der Waals surface area contributed by atoms with Crippen LogP contribution in [0.1, 0.15) is 76.5 Å². The van der Waals surface area contributed by atoms with Gasteiger partial charge in [0.25, 0.3) is 10.2 Å². The molecule has 0 unspecified atom stereocenters. The molecule has 2 heterocycles. The number of carbonyl (C=O) groups excluding carboxylic acids is 2. The molecule has 0 spiro atoms. The predicted octanol–water partition coefficient (Wildman–Crippen LogP) is 3.95. The molecule has 13 nitrogen and oxygen atoms in total. The molecular formula is C37H53N5O8S. The standard InChI is InChI=1S/C37H53N5O8S/c1-7-24(2)34(37(45)40-18-20-42(21-19-40)51(46,47)41-16-10-8-9-11-17-41)39-30-15-13-27-28(23-31(30)44)29(38-25(3)43)14-12-26-22-32(48-4)35(49-5)36(50-6)33(26)27/h13,15,22-24,29,34H,7-12,14,16-21H2,1-6H3,(H,38,43)(H,39,44)/t24-,29+,34+/m1/s1. The largest absolute Gasteiger partial charge is 0.493 e. The second kappa shape index (κ2) is 16.6. The molecule has 2 aromatic rings. The van der Waals surface area contributed by atoms with Gasteiger partial charge < -0.3 is 29.7 Å². The molecule has 0 bridgehead atoms. The number of hydrogen-bond acceptors (Lipinski definition) is 9. The Morgan fingerprint density at radius 2 is 1.55 bits per heavy atom. The average molecular weight is 728 g/mol. The van der Waals surface area contributed by atoms with Crippen molar-refractivity contribution in [3.05, 3.63) is 45.6 Å². The molecule has 2 saturated heterocycles. The molecule has 2 fully saturated rings. The van der Waals surface area contributed by atoms with Crippen LogP contribution in [0, 0.1) is 5.92 Å². The SMILES string of the molecule is CC[C@@H](C)[C@H](Nc1ccc2c(cc1=O)[C@@H](NC(C)=O)CCc1cc(OC)c(OC)c(OC)c1-2)C(=O)N1CCN(S(=O)(=O)N2CCCCCC2)CC1. The molecule has 2 N–H and O–H groups in total. The highest BCUT2D eigenvalue weighted by Gasteiger charge is 2.37. The molecule has 5 rings (SSSR count). The van der Waals surface area contributed by atoms with Crippen LogP contribution in [0.15, 0.2) is 29.1 Å². The van der Waals surface area contributed by atoms with Gasteiger partial charge in [-0.15, -0.1) is 0 Å². The van der Waals surface area contributed by atoms with Gasteiger partial charge >= 0.3 is 0 Å². The van der Waals surface area contributed by atoms with Crippen LogP contribution < -0.4 is 30.3 Å². The van der Waals surface area contributed by atoms with Crippen molar-refractivity contribution in [2.24, 2.45) is 5.92 Å². The number of rotatable bonds is 11. The van der Waals surface area contributed by atoms with Crippen molar-refractivity contribution in [3.8, 4) is 28.4 Å². The number of fused-ring (bicyclic) bond motifs is 3. The van der Waals surface area contributed by atoms with Crippen molar-refractivity contribution in [1.82, 2.24) is 18.8 Å². The van der Waals surface area contributed by atoms with E-state index in [1.807, 2.05) is 26.0 Å². The van der Waals surface area contributed by atoms with Gasteiger partial charge in [-0.05, 0) is 66.5 Å². The normalized spacial score (nSPS) is 19.7. The van der Waals surface area contributed by atoms with Crippen LogP contribution in [0.25, 0.3) is 11.1 Å². The smallest absolute Gasteiger partial charge is 0.282 e. The summed E-state index contributed by atoms with van der Waals surface area (Å²) in [6, 6.07) is 5.76. The molecule has 2 aliphatic heterocycles. The Kier molecular flexibility index (Phi) is 12.5. The van der Waals surface area contributed by atoms with E-state index in [0.29, 0.717) is 60.7 Å². The number of methoxy groups -OCH3 is 3. The molecule has 1 aliphatic carbocycles. The first kappa shape index (κ1) is 38.4. The summed E-state index contributed by atoms with van der Waals surface area (Å²) in [5.74, 6) is 0.839. The number of nitrogens with zero attached hydrogens (tertiary/aromatic N) is 3. The van der Waals surface area contributed by atoms with Crippen LogP contribution >= 0.6 is 0 Å². The van der Waals surface area contributed by atoms with Crippen molar-refractivity contribution in [1.29, 1.82) is 0 Å². The lowest BCUT2D eigenvalue weighted by atomic mass is 9.95.